The minimum Gasteiger partial charge on any atom is -0.480 e. The van der Waals surface area contributed by atoms with Crippen LogP contribution in [0.4, 0.5) is 0 Å². The molecular formula is C6H9N3O3. The first-order chi connectivity index (χ1) is 5.59. The zero-order valence-corrected chi connectivity index (χ0v) is 6.21. The van der Waals surface area contributed by atoms with E-state index in [1.54, 1.807) is 0 Å². The van der Waals surface area contributed by atoms with E-state index in [9.17, 15) is 4.79 Å². The van der Waals surface area contributed by atoms with Crippen LogP contribution in [0.5, 0.6) is 0 Å². The molecule has 0 aromatic carbocycles. The number of nitrogens with two attached hydrogens (primary N) is 1. The third kappa shape index (κ3) is 1.96. The lowest BCUT2D eigenvalue weighted by Gasteiger charge is -2.01. The van der Waals surface area contributed by atoms with Gasteiger partial charge in [-0.05, 0) is 0 Å². The van der Waals surface area contributed by atoms with Crippen molar-refractivity contribution in [3.8, 4) is 0 Å². The van der Waals surface area contributed by atoms with Crippen LogP contribution in [0, 0.1) is 0 Å². The maximum atomic E-state index is 10.3. The Morgan fingerprint density at radius 3 is 2.92 bits per heavy atom. The van der Waals surface area contributed by atoms with E-state index < -0.39 is 12.0 Å². The molecule has 6 nitrogen and oxygen atoms in total. The molecule has 0 aliphatic rings. The predicted octanol–water partition coefficient (Wildman–Crippen LogP) is -0.925. The molecule has 0 saturated carbocycles. The molecule has 12 heavy (non-hydrogen) atoms. The first-order valence-electron chi connectivity index (χ1n) is 3.30. The van der Waals surface area contributed by atoms with Crippen molar-refractivity contribution in [3.05, 3.63) is 18.2 Å². The van der Waals surface area contributed by atoms with Crippen LogP contribution in [0.3, 0.4) is 0 Å². The molecule has 0 aliphatic carbocycles. The maximum absolute atomic E-state index is 10.3. The van der Waals surface area contributed by atoms with Gasteiger partial charge in [0.15, 0.2) is 0 Å². The summed E-state index contributed by atoms with van der Waals surface area (Å²) in [5, 5.41) is 17.2. The van der Waals surface area contributed by atoms with Crippen LogP contribution < -0.4 is 5.73 Å². The van der Waals surface area contributed by atoms with E-state index in [2.05, 4.69) is 4.98 Å². The van der Waals surface area contributed by atoms with Gasteiger partial charge in [-0.15, -0.1) is 0 Å². The van der Waals surface area contributed by atoms with Gasteiger partial charge in [-0.1, -0.05) is 0 Å². The van der Waals surface area contributed by atoms with Gasteiger partial charge in [-0.3, -0.25) is 4.79 Å². The zero-order valence-electron chi connectivity index (χ0n) is 6.21. The van der Waals surface area contributed by atoms with Crippen LogP contribution in [0.15, 0.2) is 12.5 Å². The molecule has 4 N–H and O–H groups in total. The maximum Gasteiger partial charge on any atom is 0.320 e. The number of hydrogen-bond donors (Lipinski definition) is 3. The summed E-state index contributed by atoms with van der Waals surface area (Å²) in [6, 6.07) is -0.972. The molecule has 1 rings (SSSR count). The molecule has 1 aromatic heterocycles. The van der Waals surface area contributed by atoms with Crippen molar-refractivity contribution >= 4 is 5.97 Å². The molecule has 0 saturated heterocycles. The lowest BCUT2D eigenvalue weighted by atomic mass is 10.2. The van der Waals surface area contributed by atoms with E-state index in [1.165, 1.54) is 12.5 Å². The molecule has 0 radical (unpaired) electrons. The molecule has 1 aromatic rings. The standard InChI is InChI=1S/C6H9N3O3/c7-5(6(10)11)1-4-2-9(12)3-8-4/h2-3,5,12H,1,7H2,(H,10,11)/t5-/m0/s1. The van der Waals surface area contributed by atoms with Gasteiger partial charge in [0.1, 0.15) is 12.4 Å². The van der Waals surface area contributed by atoms with Crippen molar-refractivity contribution in [2.45, 2.75) is 12.5 Å². The van der Waals surface area contributed by atoms with Crippen LogP contribution in [0.2, 0.25) is 0 Å². The van der Waals surface area contributed by atoms with Crippen LogP contribution in [-0.4, -0.2) is 32.0 Å². The molecule has 1 atom stereocenters. The van der Waals surface area contributed by atoms with Crippen LogP contribution >= 0.6 is 0 Å². The SMILES string of the molecule is N[C@@H](Cc1cn(O)cn1)C(=O)O. The Kier molecular flexibility index (Phi) is 2.29. The van der Waals surface area contributed by atoms with Crippen molar-refractivity contribution < 1.29 is 15.1 Å². The highest BCUT2D eigenvalue weighted by Crippen LogP contribution is 1.97. The lowest BCUT2D eigenvalue weighted by Crippen LogP contribution is -2.32. The second kappa shape index (κ2) is 3.22. The Balaban J connectivity index is 2.58. The zero-order chi connectivity index (χ0) is 9.14. The Morgan fingerprint density at radius 1 is 1.83 bits per heavy atom. The quantitative estimate of drug-likeness (QED) is 0.510. The second-order valence-corrected chi connectivity index (χ2v) is 2.39. The number of nitrogens with zero attached hydrogens (tertiary/aromatic N) is 2. The molecule has 6 heteroatoms. The molecular weight excluding hydrogens is 162 g/mol. The first-order valence-corrected chi connectivity index (χ1v) is 3.30. The van der Waals surface area contributed by atoms with Gasteiger partial charge in [0.2, 0.25) is 0 Å². The summed E-state index contributed by atoms with van der Waals surface area (Å²) in [5.41, 5.74) is 5.68. The van der Waals surface area contributed by atoms with Crippen LogP contribution in [-0.2, 0) is 11.2 Å². The van der Waals surface area contributed by atoms with Crippen LogP contribution in [0.1, 0.15) is 5.69 Å². The topological polar surface area (TPSA) is 101 Å². The summed E-state index contributed by atoms with van der Waals surface area (Å²) < 4.78 is 0.754. The van der Waals surface area contributed by atoms with Gasteiger partial charge in [0, 0.05) is 6.42 Å². The van der Waals surface area contributed by atoms with E-state index in [1.807, 2.05) is 0 Å². The summed E-state index contributed by atoms with van der Waals surface area (Å²) in [5.74, 6) is -1.08. The summed E-state index contributed by atoms with van der Waals surface area (Å²) in [4.78, 5) is 14.0. The fourth-order valence-electron chi connectivity index (χ4n) is 0.771. The van der Waals surface area contributed by atoms with Gasteiger partial charge < -0.3 is 16.0 Å². The molecule has 0 unspecified atom stereocenters. The van der Waals surface area contributed by atoms with E-state index >= 15 is 0 Å². The molecule has 0 bridgehead atoms. The third-order valence-electron chi connectivity index (χ3n) is 1.37. The second-order valence-electron chi connectivity index (χ2n) is 2.39. The molecule has 0 fully saturated rings. The van der Waals surface area contributed by atoms with E-state index in [0.717, 1.165) is 4.73 Å². The highest BCUT2D eigenvalue weighted by atomic mass is 16.5. The van der Waals surface area contributed by atoms with Gasteiger partial charge in [-0.2, -0.15) is 4.73 Å². The van der Waals surface area contributed by atoms with Crippen molar-refractivity contribution in [3.63, 3.8) is 0 Å². The van der Waals surface area contributed by atoms with Crippen molar-refractivity contribution in [2.75, 3.05) is 0 Å². The number of aromatic nitrogens is 2. The number of rotatable bonds is 3. The lowest BCUT2D eigenvalue weighted by molar-refractivity contribution is -0.138. The third-order valence-corrected chi connectivity index (χ3v) is 1.37. The summed E-state index contributed by atoms with van der Waals surface area (Å²) in [6.07, 6.45) is 2.59. The number of carboxylic acid groups (broad SMARTS) is 1. The van der Waals surface area contributed by atoms with E-state index in [0.29, 0.717) is 5.69 Å². The van der Waals surface area contributed by atoms with Crippen LogP contribution in [0.25, 0.3) is 0 Å². The number of hydrogen-bond acceptors (Lipinski definition) is 4. The average molecular weight is 171 g/mol. The summed E-state index contributed by atoms with van der Waals surface area (Å²) in [7, 11) is 0. The Labute approximate surface area is 68.2 Å². The van der Waals surface area contributed by atoms with Crippen molar-refractivity contribution in [2.24, 2.45) is 5.73 Å². The van der Waals surface area contributed by atoms with Gasteiger partial charge in [-0.25, -0.2) is 4.98 Å². The average Bonchev–Trinajstić information content (AvgIpc) is 2.35. The largest absolute Gasteiger partial charge is 0.480 e. The number of carboxylic acids is 1. The van der Waals surface area contributed by atoms with Gasteiger partial charge >= 0.3 is 5.97 Å². The highest BCUT2D eigenvalue weighted by Gasteiger charge is 2.13. The van der Waals surface area contributed by atoms with Crippen molar-refractivity contribution in [1.82, 2.24) is 9.71 Å². The monoisotopic (exact) mass is 171 g/mol. The Morgan fingerprint density at radius 2 is 2.50 bits per heavy atom. The fraction of sp³-hybridized carbons (Fsp3) is 0.333. The molecule has 0 amide bonds. The predicted molar refractivity (Wildman–Crippen MR) is 38.7 cm³/mol. The van der Waals surface area contributed by atoms with E-state index in [-0.39, 0.29) is 6.42 Å². The molecule has 66 valence electrons. The summed E-state index contributed by atoms with van der Waals surface area (Å²) >= 11 is 0. The van der Waals surface area contributed by atoms with Gasteiger partial charge in [0.25, 0.3) is 0 Å². The molecule has 0 aliphatic heterocycles. The Bertz CT molecular complexity index is 283. The van der Waals surface area contributed by atoms with Crippen molar-refractivity contribution in [1.29, 1.82) is 0 Å². The summed E-state index contributed by atoms with van der Waals surface area (Å²) in [6.45, 7) is 0. The van der Waals surface area contributed by atoms with E-state index in [4.69, 9.17) is 16.0 Å². The molecule has 0 spiro atoms. The number of carbonyl (C=O) groups is 1. The smallest absolute Gasteiger partial charge is 0.320 e. The van der Waals surface area contributed by atoms with Gasteiger partial charge in [0.05, 0.1) is 11.9 Å². The Hall–Kier alpha value is -1.56. The number of imidazole rings is 1. The normalized spacial score (nSPS) is 12.8. The first kappa shape index (κ1) is 8.54. The highest BCUT2D eigenvalue weighted by molar-refractivity contribution is 5.73. The molecule has 1 heterocycles. The minimum atomic E-state index is -1.08. The fourth-order valence-corrected chi connectivity index (χ4v) is 0.771. The number of aliphatic carboxylic acids is 1. The minimum absolute atomic E-state index is 0.114.